The van der Waals surface area contributed by atoms with Crippen molar-refractivity contribution in [2.24, 2.45) is 0 Å². The van der Waals surface area contributed by atoms with E-state index in [1.54, 1.807) is 0 Å². The van der Waals surface area contributed by atoms with Gasteiger partial charge in [-0.05, 0) is 41.5 Å². The van der Waals surface area contributed by atoms with E-state index < -0.39 is 0 Å². The summed E-state index contributed by atoms with van der Waals surface area (Å²) in [5.41, 5.74) is 0. The van der Waals surface area contributed by atoms with Crippen LogP contribution in [0.4, 0.5) is 0 Å². The Hall–Kier alpha value is -1.22. The maximum atomic E-state index is 11.8. The lowest BCUT2D eigenvalue weighted by Gasteiger charge is -2.28. The van der Waals surface area contributed by atoms with Gasteiger partial charge in [0.1, 0.15) is 0 Å². The van der Waals surface area contributed by atoms with Crippen molar-refractivity contribution in [2.75, 3.05) is 65.7 Å². The molecule has 8 heteroatoms. The Morgan fingerprint density at radius 3 is 1.30 bits per heavy atom. The fourth-order valence-corrected chi connectivity index (χ4v) is 2.75. The summed E-state index contributed by atoms with van der Waals surface area (Å²) >= 11 is 0. The molecule has 0 saturated heterocycles. The quantitative estimate of drug-likeness (QED) is 0.288. The van der Waals surface area contributed by atoms with Crippen LogP contribution < -0.4 is 0 Å². The fraction of sp³-hybridized carbons (Fsp3) is 0.909. The van der Waals surface area contributed by atoms with E-state index >= 15 is 0 Å². The molecule has 0 saturated carbocycles. The summed E-state index contributed by atoms with van der Waals surface area (Å²) in [6.45, 7) is 17.9. The SMILES string of the molecule is CCOC(=O)CCN(CCOC(C)C)CCN(CCOC(C)C)CCC(=O)OCC. The minimum absolute atomic E-state index is 0.172. The fourth-order valence-electron chi connectivity index (χ4n) is 2.75. The molecule has 8 nitrogen and oxygen atoms in total. The van der Waals surface area contributed by atoms with Crippen LogP contribution >= 0.6 is 0 Å². The van der Waals surface area contributed by atoms with Crippen molar-refractivity contribution in [3.63, 3.8) is 0 Å². The van der Waals surface area contributed by atoms with E-state index in [1.165, 1.54) is 0 Å². The molecule has 0 aromatic rings. The lowest BCUT2D eigenvalue weighted by atomic mass is 10.3. The summed E-state index contributed by atoms with van der Waals surface area (Å²) in [7, 11) is 0. The largest absolute Gasteiger partial charge is 0.466 e. The molecule has 0 aliphatic rings. The highest BCUT2D eigenvalue weighted by Crippen LogP contribution is 2.01. The molecule has 0 aromatic carbocycles. The summed E-state index contributed by atoms with van der Waals surface area (Å²) in [6, 6.07) is 0. The second kappa shape index (κ2) is 18.5. The third kappa shape index (κ3) is 17.6. The minimum atomic E-state index is -0.184. The molecule has 178 valence electrons. The van der Waals surface area contributed by atoms with E-state index in [0.29, 0.717) is 52.4 Å². The molecule has 0 aliphatic heterocycles. The van der Waals surface area contributed by atoms with E-state index in [4.69, 9.17) is 18.9 Å². The zero-order valence-electron chi connectivity index (χ0n) is 20.0. The van der Waals surface area contributed by atoms with E-state index in [-0.39, 0.29) is 24.1 Å². The maximum absolute atomic E-state index is 11.8. The molecule has 0 rings (SSSR count). The minimum Gasteiger partial charge on any atom is -0.466 e. The number of rotatable bonds is 19. The smallest absolute Gasteiger partial charge is 0.307 e. The summed E-state index contributed by atoms with van der Waals surface area (Å²) in [5.74, 6) is -0.367. The van der Waals surface area contributed by atoms with Gasteiger partial charge in [0.15, 0.2) is 0 Å². The number of carbonyl (C=O) groups is 2. The van der Waals surface area contributed by atoms with Crippen molar-refractivity contribution in [3.8, 4) is 0 Å². The molecule has 0 unspecified atom stereocenters. The van der Waals surface area contributed by atoms with Crippen molar-refractivity contribution in [1.82, 2.24) is 9.80 Å². The first-order chi connectivity index (χ1) is 14.3. The molecule has 0 bridgehead atoms. The Morgan fingerprint density at radius 1 is 0.633 bits per heavy atom. The Morgan fingerprint density at radius 2 is 1.00 bits per heavy atom. The monoisotopic (exact) mass is 432 g/mol. The van der Waals surface area contributed by atoms with Crippen molar-refractivity contribution in [1.29, 1.82) is 0 Å². The van der Waals surface area contributed by atoms with Gasteiger partial charge in [-0.1, -0.05) is 0 Å². The van der Waals surface area contributed by atoms with Crippen molar-refractivity contribution < 1.29 is 28.5 Å². The van der Waals surface area contributed by atoms with Gasteiger partial charge in [0.2, 0.25) is 0 Å². The summed E-state index contributed by atoms with van der Waals surface area (Å²) < 4.78 is 21.5. The first-order valence-electron chi connectivity index (χ1n) is 11.3. The Labute approximate surface area is 183 Å². The second-order valence-electron chi connectivity index (χ2n) is 7.63. The van der Waals surface area contributed by atoms with Crippen LogP contribution in [0.5, 0.6) is 0 Å². The highest BCUT2D eigenvalue weighted by atomic mass is 16.5. The summed E-state index contributed by atoms with van der Waals surface area (Å²) in [5, 5.41) is 0. The van der Waals surface area contributed by atoms with Gasteiger partial charge < -0.3 is 18.9 Å². The van der Waals surface area contributed by atoms with Crippen LogP contribution in [-0.2, 0) is 28.5 Å². The van der Waals surface area contributed by atoms with Crippen molar-refractivity contribution in [2.45, 2.75) is 66.6 Å². The van der Waals surface area contributed by atoms with Gasteiger partial charge in [-0.3, -0.25) is 19.4 Å². The normalized spacial score (nSPS) is 11.7. The Bertz CT molecular complexity index is 405. The van der Waals surface area contributed by atoms with Crippen LogP contribution in [0.25, 0.3) is 0 Å². The van der Waals surface area contributed by atoms with Gasteiger partial charge in [0, 0.05) is 39.3 Å². The van der Waals surface area contributed by atoms with Crippen LogP contribution in [0.15, 0.2) is 0 Å². The number of hydrogen-bond acceptors (Lipinski definition) is 8. The summed E-state index contributed by atoms with van der Waals surface area (Å²) in [6.07, 6.45) is 1.06. The lowest BCUT2D eigenvalue weighted by Crippen LogP contribution is -2.40. The highest BCUT2D eigenvalue weighted by molar-refractivity contribution is 5.69. The molecule has 0 N–H and O–H groups in total. The predicted molar refractivity (Wildman–Crippen MR) is 118 cm³/mol. The predicted octanol–water partition coefficient (Wildman–Crippen LogP) is 2.35. The summed E-state index contributed by atoms with van der Waals surface area (Å²) in [4.78, 5) is 27.9. The van der Waals surface area contributed by atoms with E-state index in [0.717, 1.165) is 26.2 Å². The van der Waals surface area contributed by atoms with Gasteiger partial charge in [0.05, 0.1) is 51.5 Å². The maximum Gasteiger partial charge on any atom is 0.307 e. The molecule has 0 spiro atoms. The van der Waals surface area contributed by atoms with Gasteiger partial charge in [-0.25, -0.2) is 0 Å². The number of ether oxygens (including phenoxy) is 4. The number of nitrogens with zero attached hydrogens (tertiary/aromatic N) is 2. The van der Waals surface area contributed by atoms with Gasteiger partial charge in [0.25, 0.3) is 0 Å². The standard InChI is InChI=1S/C22H44N2O6/c1-7-27-21(25)9-11-23(15-17-29-19(3)4)13-14-24(16-18-30-20(5)6)12-10-22(26)28-8-2/h19-20H,7-18H2,1-6H3. The average molecular weight is 433 g/mol. The van der Waals surface area contributed by atoms with Gasteiger partial charge in [-0.15, -0.1) is 0 Å². The molecule has 30 heavy (non-hydrogen) atoms. The van der Waals surface area contributed by atoms with Crippen LogP contribution in [0.2, 0.25) is 0 Å². The van der Waals surface area contributed by atoms with Crippen LogP contribution in [-0.4, -0.2) is 99.6 Å². The lowest BCUT2D eigenvalue weighted by molar-refractivity contribution is -0.144. The van der Waals surface area contributed by atoms with Crippen LogP contribution in [0, 0.1) is 0 Å². The number of carbonyl (C=O) groups excluding carboxylic acids is 2. The average Bonchev–Trinajstić information content (AvgIpc) is 2.66. The molecule has 0 atom stereocenters. The van der Waals surface area contributed by atoms with Crippen LogP contribution in [0.3, 0.4) is 0 Å². The van der Waals surface area contributed by atoms with Crippen LogP contribution in [0.1, 0.15) is 54.4 Å². The van der Waals surface area contributed by atoms with Crippen molar-refractivity contribution >= 4 is 11.9 Å². The molecular weight excluding hydrogens is 388 g/mol. The molecule has 0 aliphatic carbocycles. The zero-order valence-corrected chi connectivity index (χ0v) is 20.0. The molecule has 0 heterocycles. The van der Waals surface area contributed by atoms with Crippen molar-refractivity contribution in [3.05, 3.63) is 0 Å². The Balaban J connectivity index is 4.70. The Kier molecular flexibility index (Phi) is 17.8. The molecule has 0 radical (unpaired) electrons. The molecule has 0 fully saturated rings. The van der Waals surface area contributed by atoms with E-state index in [2.05, 4.69) is 9.80 Å². The number of hydrogen-bond donors (Lipinski definition) is 0. The second-order valence-corrected chi connectivity index (χ2v) is 7.63. The zero-order chi connectivity index (χ0) is 22.8. The van der Waals surface area contributed by atoms with Gasteiger partial charge in [-0.2, -0.15) is 0 Å². The van der Waals surface area contributed by atoms with E-state index in [9.17, 15) is 9.59 Å². The first kappa shape index (κ1) is 28.8. The topological polar surface area (TPSA) is 77.5 Å². The molecule has 0 aromatic heterocycles. The molecular formula is C22H44N2O6. The third-order valence-corrected chi connectivity index (χ3v) is 4.32. The van der Waals surface area contributed by atoms with E-state index in [1.807, 2.05) is 41.5 Å². The third-order valence-electron chi connectivity index (χ3n) is 4.32. The van der Waals surface area contributed by atoms with Gasteiger partial charge >= 0.3 is 11.9 Å². The highest BCUT2D eigenvalue weighted by Gasteiger charge is 2.14. The number of esters is 2. The first-order valence-corrected chi connectivity index (χ1v) is 11.3. The molecule has 0 amide bonds.